The van der Waals surface area contributed by atoms with Gasteiger partial charge in [-0.3, -0.25) is 4.90 Å². The Kier molecular flexibility index (Phi) is 2.25. The molecule has 0 N–H and O–H groups in total. The van der Waals surface area contributed by atoms with Crippen LogP contribution in [0.4, 0.5) is 5.82 Å². The van der Waals surface area contributed by atoms with Gasteiger partial charge in [0.2, 0.25) is 0 Å². The molecule has 0 aromatic carbocycles. The molecule has 2 bridgehead atoms. The van der Waals surface area contributed by atoms with Crippen LogP contribution in [0, 0.1) is 0 Å². The molecule has 2 atom stereocenters. The van der Waals surface area contributed by atoms with Gasteiger partial charge >= 0.3 is 0 Å². The van der Waals surface area contributed by atoms with E-state index in [1.165, 1.54) is 13.0 Å². The number of hydrogen-bond donors (Lipinski definition) is 0. The number of rotatable bonds is 1. The molecule has 1 aromatic rings. The predicted octanol–water partition coefficient (Wildman–Crippen LogP) is 1.02. The van der Waals surface area contributed by atoms with E-state index in [-0.39, 0.29) is 0 Å². The molecule has 0 amide bonds. The standard InChI is InChI=1S/C10H13ClN4/c11-9-10(13-3-2-12-9)15-6-5-14-4-1-8(15)7-14/h2-3,8H,1,4-7H2. The molecule has 0 saturated carbocycles. The van der Waals surface area contributed by atoms with Crippen molar-refractivity contribution < 1.29 is 0 Å². The van der Waals surface area contributed by atoms with Crippen molar-refractivity contribution in [1.82, 2.24) is 14.9 Å². The number of piperazine rings is 1. The highest BCUT2D eigenvalue weighted by atomic mass is 35.5. The van der Waals surface area contributed by atoms with Gasteiger partial charge in [-0.1, -0.05) is 11.6 Å². The van der Waals surface area contributed by atoms with Crippen LogP contribution in [0.3, 0.4) is 0 Å². The Morgan fingerprint density at radius 2 is 2.07 bits per heavy atom. The molecule has 2 aliphatic heterocycles. The Morgan fingerprint density at radius 1 is 1.20 bits per heavy atom. The Morgan fingerprint density at radius 3 is 2.93 bits per heavy atom. The summed E-state index contributed by atoms with van der Waals surface area (Å²) in [6, 6.07) is 0.577. The van der Waals surface area contributed by atoms with E-state index in [2.05, 4.69) is 19.8 Å². The van der Waals surface area contributed by atoms with Crippen LogP contribution < -0.4 is 4.90 Å². The van der Waals surface area contributed by atoms with Crippen molar-refractivity contribution in [3.05, 3.63) is 17.5 Å². The first-order valence-corrected chi connectivity index (χ1v) is 5.68. The third kappa shape index (κ3) is 1.58. The molecule has 0 radical (unpaired) electrons. The van der Waals surface area contributed by atoms with E-state index in [9.17, 15) is 0 Å². The van der Waals surface area contributed by atoms with Gasteiger partial charge in [0.15, 0.2) is 11.0 Å². The SMILES string of the molecule is Clc1nccnc1N1CCN2CCC1C2. The molecule has 4 nitrogen and oxygen atoms in total. The summed E-state index contributed by atoms with van der Waals surface area (Å²) in [6.45, 7) is 4.48. The summed E-state index contributed by atoms with van der Waals surface area (Å²) in [7, 11) is 0. The lowest BCUT2D eigenvalue weighted by molar-refractivity contribution is 0.310. The molecule has 0 aliphatic carbocycles. The van der Waals surface area contributed by atoms with Crippen LogP contribution in [-0.4, -0.2) is 47.1 Å². The summed E-state index contributed by atoms with van der Waals surface area (Å²) in [5.74, 6) is 0.853. The van der Waals surface area contributed by atoms with Gasteiger partial charge in [0.1, 0.15) is 0 Å². The van der Waals surface area contributed by atoms with Gasteiger partial charge in [-0.15, -0.1) is 0 Å². The number of nitrogens with zero attached hydrogens (tertiary/aromatic N) is 4. The van der Waals surface area contributed by atoms with E-state index >= 15 is 0 Å². The topological polar surface area (TPSA) is 32.3 Å². The van der Waals surface area contributed by atoms with E-state index in [1.807, 2.05) is 0 Å². The quantitative estimate of drug-likeness (QED) is 0.713. The highest BCUT2D eigenvalue weighted by molar-refractivity contribution is 6.31. The van der Waals surface area contributed by atoms with Crippen molar-refractivity contribution in [2.75, 3.05) is 31.1 Å². The van der Waals surface area contributed by atoms with Gasteiger partial charge in [-0.2, -0.15) is 0 Å². The van der Waals surface area contributed by atoms with Crippen LogP contribution in [-0.2, 0) is 0 Å². The van der Waals surface area contributed by atoms with Gasteiger partial charge in [-0.05, 0) is 6.42 Å². The van der Waals surface area contributed by atoms with Crippen molar-refractivity contribution in [3.63, 3.8) is 0 Å². The maximum Gasteiger partial charge on any atom is 0.171 e. The predicted molar refractivity (Wildman–Crippen MR) is 59.2 cm³/mol. The van der Waals surface area contributed by atoms with Crippen LogP contribution in [0.2, 0.25) is 5.15 Å². The molecule has 0 spiro atoms. The van der Waals surface area contributed by atoms with E-state index < -0.39 is 0 Å². The van der Waals surface area contributed by atoms with Crippen LogP contribution in [0.15, 0.2) is 12.4 Å². The average Bonchev–Trinajstić information content (AvgIpc) is 2.63. The summed E-state index contributed by atoms with van der Waals surface area (Å²) in [6.07, 6.45) is 4.56. The number of hydrogen-bond acceptors (Lipinski definition) is 4. The Labute approximate surface area is 93.9 Å². The Balaban J connectivity index is 1.90. The lowest BCUT2D eigenvalue weighted by atomic mass is 10.2. The zero-order chi connectivity index (χ0) is 10.3. The lowest BCUT2D eigenvalue weighted by Gasteiger charge is -2.35. The molecule has 2 unspecified atom stereocenters. The Hall–Kier alpha value is -0.870. The van der Waals surface area contributed by atoms with Crippen molar-refractivity contribution in [2.45, 2.75) is 12.5 Å². The molecular weight excluding hydrogens is 212 g/mol. The molecule has 15 heavy (non-hydrogen) atoms. The first kappa shape index (κ1) is 9.36. The molecule has 1 aromatic heterocycles. The highest BCUT2D eigenvalue weighted by Gasteiger charge is 2.33. The van der Waals surface area contributed by atoms with E-state index in [0.717, 1.165) is 25.5 Å². The minimum absolute atomic E-state index is 0.526. The second-order valence-electron chi connectivity index (χ2n) is 4.11. The van der Waals surface area contributed by atoms with Gasteiger partial charge < -0.3 is 4.90 Å². The fraction of sp³-hybridized carbons (Fsp3) is 0.600. The first-order chi connectivity index (χ1) is 7.34. The zero-order valence-electron chi connectivity index (χ0n) is 8.43. The molecule has 80 valence electrons. The third-order valence-electron chi connectivity index (χ3n) is 3.25. The molecule has 3 heterocycles. The number of aromatic nitrogens is 2. The summed E-state index contributed by atoms with van der Waals surface area (Å²) in [4.78, 5) is 13.2. The lowest BCUT2D eigenvalue weighted by Crippen LogP contribution is -2.47. The summed E-state index contributed by atoms with van der Waals surface area (Å²) in [5, 5.41) is 0.526. The van der Waals surface area contributed by atoms with E-state index in [1.54, 1.807) is 12.4 Å². The fourth-order valence-corrected chi connectivity index (χ4v) is 2.70. The molecular formula is C10H13ClN4. The van der Waals surface area contributed by atoms with Crippen molar-refractivity contribution in [2.24, 2.45) is 0 Å². The van der Waals surface area contributed by atoms with Gasteiger partial charge in [-0.25, -0.2) is 9.97 Å². The van der Waals surface area contributed by atoms with Crippen LogP contribution >= 0.6 is 11.6 Å². The molecule has 2 saturated heterocycles. The van der Waals surface area contributed by atoms with Crippen LogP contribution in [0.25, 0.3) is 0 Å². The second-order valence-corrected chi connectivity index (χ2v) is 4.47. The summed E-state index contributed by atoms with van der Waals surface area (Å²) in [5.41, 5.74) is 0. The number of anilines is 1. The largest absolute Gasteiger partial charge is 0.348 e. The molecule has 5 heteroatoms. The van der Waals surface area contributed by atoms with Crippen molar-refractivity contribution in [1.29, 1.82) is 0 Å². The number of halogens is 1. The summed E-state index contributed by atoms with van der Waals surface area (Å²) < 4.78 is 0. The fourth-order valence-electron chi connectivity index (χ4n) is 2.49. The summed E-state index contributed by atoms with van der Waals surface area (Å²) >= 11 is 6.06. The third-order valence-corrected chi connectivity index (χ3v) is 3.52. The zero-order valence-corrected chi connectivity index (χ0v) is 9.19. The number of fused-ring (bicyclic) bond motifs is 2. The van der Waals surface area contributed by atoms with Gasteiger partial charge in [0, 0.05) is 44.6 Å². The highest BCUT2D eigenvalue weighted by Crippen LogP contribution is 2.28. The average molecular weight is 225 g/mol. The smallest absolute Gasteiger partial charge is 0.171 e. The van der Waals surface area contributed by atoms with Gasteiger partial charge in [0.05, 0.1) is 0 Å². The normalized spacial score (nSPS) is 29.5. The Bertz CT molecular complexity index is 370. The first-order valence-electron chi connectivity index (χ1n) is 5.30. The minimum Gasteiger partial charge on any atom is -0.348 e. The molecule has 3 rings (SSSR count). The molecule has 2 aliphatic rings. The molecule has 2 fully saturated rings. The van der Waals surface area contributed by atoms with Gasteiger partial charge in [0.25, 0.3) is 0 Å². The second kappa shape index (κ2) is 3.61. The monoisotopic (exact) mass is 224 g/mol. The van der Waals surface area contributed by atoms with E-state index in [4.69, 9.17) is 11.6 Å². The maximum absolute atomic E-state index is 6.06. The van der Waals surface area contributed by atoms with Crippen LogP contribution in [0.1, 0.15) is 6.42 Å². The maximum atomic E-state index is 6.06. The van der Waals surface area contributed by atoms with Crippen molar-refractivity contribution >= 4 is 17.4 Å². The van der Waals surface area contributed by atoms with E-state index in [0.29, 0.717) is 11.2 Å². The van der Waals surface area contributed by atoms with Crippen LogP contribution in [0.5, 0.6) is 0 Å². The van der Waals surface area contributed by atoms with Crippen molar-refractivity contribution in [3.8, 4) is 0 Å². The minimum atomic E-state index is 0.526.